The van der Waals surface area contributed by atoms with E-state index in [-0.39, 0.29) is 5.56 Å². The summed E-state index contributed by atoms with van der Waals surface area (Å²) in [6.45, 7) is 8.25. The molecule has 4 N–H and O–H groups in total. The lowest BCUT2D eigenvalue weighted by atomic mass is 9.95. The van der Waals surface area contributed by atoms with Crippen molar-refractivity contribution in [3.05, 3.63) is 47.3 Å². The molecule has 0 radical (unpaired) electrons. The van der Waals surface area contributed by atoms with Crippen LogP contribution in [0.1, 0.15) is 48.5 Å². The second-order valence-corrected chi connectivity index (χ2v) is 6.55. The van der Waals surface area contributed by atoms with Crippen LogP contribution in [0.5, 0.6) is 0 Å². The van der Waals surface area contributed by atoms with E-state index in [0.717, 1.165) is 38.3 Å². The molecule has 1 amide bonds. The maximum atomic E-state index is 14.1. The van der Waals surface area contributed by atoms with E-state index in [0.29, 0.717) is 24.6 Å². The number of carbonyl (C=O) groups excluding carboxylic acids is 1. The maximum absolute atomic E-state index is 14.1. The highest BCUT2D eigenvalue weighted by Crippen LogP contribution is 2.17. The molecule has 0 saturated carbocycles. The Morgan fingerprint density at radius 1 is 1.48 bits per heavy atom. The number of carbonyl (C=O) groups is 1. The molecular formula is C19H30FN3O2. The molecule has 1 aromatic rings. The normalized spacial score (nSPS) is 12.2. The van der Waals surface area contributed by atoms with Gasteiger partial charge >= 0.3 is 0 Å². The van der Waals surface area contributed by atoms with Crippen LogP contribution in [0.3, 0.4) is 0 Å². The Bertz CT molecular complexity index is 574. The van der Waals surface area contributed by atoms with Gasteiger partial charge in [-0.2, -0.15) is 0 Å². The Morgan fingerprint density at radius 3 is 2.76 bits per heavy atom. The smallest absolute Gasteiger partial charge is 0.274 e. The SMILES string of the molecule is C=C(CCCN(C)Cc1ccc(C(=O)NO)cc1F)CC(CC)CN. The van der Waals surface area contributed by atoms with Crippen LogP contribution in [-0.2, 0) is 6.54 Å². The topological polar surface area (TPSA) is 78.6 Å². The molecule has 1 rings (SSSR count). The van der Waals surface area contributed by atoms with Gasteiger partial charge in [-0.1, -0.05) is 31.6 Å². The van der Waals surface area contributed by atoms with Crippen LogP contribution in [-0.4, -0.2) is 36.2 Å². The standard InChI is InChI=1S/C19H30FN3O2/c1-4-15(12-21)10-14(2)6-5-9-23(3)13-17-8-7-16(11-18(17)20)19(24)22-25/h7-8,11,15,25H,2,4-6,9-10,12-13,21H2,1,3H3,(H,22,24). The molecule has 0 spiro atoms. The quantitative estimate of drug-likeness (QED) is 0.325. The Hall–Kier alpha value is -1.76. The van der Waals surface area contributed by atoms with Gasteiger partial charge in [-0.3, -0.25) is 10.0 Å². The maximum Gasteiger partial charge on any atom is 0.274 e. The molecular weight excluding hydrogens is 321 g/mol. The van der Waals surface area contributed by atoms with Crippen molar-refractivity contribution in [1.82, 2.24) is 10.4 Å². The van der Waals surface area contributed by atoms with Crippen LogP contribution in [0.2, 0.25) is 0 Å². The summed E-state index contributed by atoms with van der Waals surface area (Å²) in [7, 11) is 1.94. The monoisotopic (exact) mass is 351 g/mol. The number of nitrogens with zero attached hydrogens (tertiary/aromatic N) is 1. The predicted molar refractivity (Wildman–Crippen MR) is 97.8 cm³/mol. The third-order valence-corrected chi connectivity index (χ3v) is 4.42. The molecule has 1 aromatic carbocycles. The van der Waals surface area contributed by atoms with Gasteiger partial charge in [0.05, 0.1) is 0 Å². The number of hydrogen-bond donors (Lipinski definition) is 3. The number of halogens is 1. The van der Waals surface area contributed by atoms with Gasteiger partial charge in [-0.05, 0) is 57.5 Å². The first-order chi connectivity index (χ1) is 11.9. The highest BCUT2D eigenvalue weighted by molar-refractivity contribution is 5.93. The highest BCUT2D eigenvalue weighted by Gasteiger charge is 2.11. The van der Waals surface area contributed by atoms with Crippen molar-refractivity contribution >= 4 is 5.91 Å². The zero-order valence-corrected chi connectivity index (χ0v) is 15.2. The van der Waals surface area contributed by atoms with Gasteiger partial charge < -0.3 is 10.6 Å². The Balaban J connectivity index is 2.43. The van der Waals surface area contributed by atoms with Gasteiger partial charge in [0.15, 0.2) is 0 Å². The minimum Gasteiger partial charge on any atom is -0.330 e. The number of nitrogens with two attached hydrogens (primary N) is 1. The van der Waals surface area contributed by atoms with Crippen molar-refractivity contribution in [2.24, 2.45) is 11.7 Å². The Morgan fingerprint density at radius 2 is 2.20 bits per heavy atom. The van der Waals surface area contributed by atoms with Crippen molar-refractivity contribution < 1.29 is 14.4 Å². The molecule has 0 bridgehead atoms. The number of amides is 1. The van der Waals surface area contributed by atoms with Crippen LogP contribution in [0.15, 0.2) is 30.4 Å². The van der Waals surface area contributed by atoms with Crippen molar-refractivity contribution in [1.29, 1.82) is 0 Å². The van der Waals surface area contributed by atoms with Gasteiger partial charge in [0, 0.05) is 17.7 Å². The van der Waals surface area contributed by atoms with Crippen LogP contribution < -0.4 is 11.2 Å². The lowest BCUT2D eigenvalue weighted by Crippen LogP contribution is -2.21. The summed E-state index contributed by atoms with van der Waals surface area (Å²) in [6, 6.07) is 4.20. The highest BCUT2D eigenvalue weighted by atomic mass is 19.1. The molecule has 0 aliphatic carbocycles. The average Bonchev–Trinajstić information content (AvgIpc) is 2.60. The largest absolute Gasteiger partial charge is 0.330 e. The second-order valence-electron chi connectivity index (χ2n) is 6.55. The van der Waals surface area contributed by atoms with Crippen LogP contribution in [0.4, 0.5) is 4.39 Å². The number of allylic oxidation sites excluding steroid dienone is 1. The van der Waals surface area contributed by atoms with E-state index >= 15 is 0 Å². The van der Waals surface area contributed by atoms with Gasteiger partial charge in [0.25, 0.3) is 5.91 Å². The Kier molecular flexibility index (Phi) is 9.34. The minimum atomic E-state index is -0.722. The lowest BCUT2D eigenvalue weighted by Gasteiger charge is -2.18. The van der Waals surface area contributed by atoms with E-state index in [1.807, 2.05) is 11.9 Å². The first-order valence-corrected chi connectivity index (χ1v) is 8.69. The van der Waals surface area contributed by atoms with Gasteiger partial charge in [-0.25, -0.2) is 9.87 Å². The molecule has 0 saturated heterocycles. The molecule has 0 fully saturated rings. The minimum absolute atomic E-state index is 0.0908. The van der Waals surface area contributed by atoms with E-state index in [4.69, 9.17) is 10.9 Å². The van der Waals surface area contributed by atoms with E-state index < -0.39 is 11.7 Å². The summed E-state index contributed by atoms with van der Waals surface area (Å²) in [4.78, 5) is 13.3. The summed E-state index contributed by atoms with van der Waals surface area (Å²) >= 11 is 0. The molecule has 0 heterocycles. The van der Waals surface area contributed by atoms with Crippen molar-refractivity contribution in [3.8, 4) is 0 Å². The van der Waals surface area contributed by atoms with E-state index in [1.165, 1.54) is 17.1 Å². The summed E-state index contributed by atoms with van der Waals surface area (Å²) in [5.41, 5.74) is 9.05. The summed E-state index contributed by atoms with van der Waals surface area (Å²) in [5.74, 6) is -0.666. The van der Waals surface area contributed by atoms with Gasteiger partial charge in [-0.15, -0.1) is 0 Å². The molecule has 1 unspecified atom stereocenters. The summed E-state index contributed by atoms with van der Waals surface area (Å²) in [6.07, 6.45) is 3.95. The van der Waals surface area contributed by atoms with E-state index in [9.17, 15) is 9.18 Å². The molecule has 0 aliphatic heterocycles. The molecule has 5 nitrogen and oxygen atoms in total. The summed E-state index contributed by atoms with van der Waals surface area (Å²) in [5, 5.41) is 8.58. The predicted octanol–water partition coefficient (Wildman–Crippen LogP) is 3.09. The first kappa shape index (κ1) is 21.3. The number of hydroxylamine groups is 1. The molecule has 140 valence electrons. The fourth-order valence-corrected chi connectivity index (χ4v) is 2.75. The third-order valence-electron chi connectivity index (χ3n) is 4.42. The fourth-order valence-electron chi connectivity index (χ4n) is 2.75. The summed E-state index contributed by atoms with van der Waals surface area (Å²) < 4.78 is 14.1. The van der Waals surface area contributed by atoms with E-state index in [1.54, 1.807) is 6.07 Å². The van der Waals surface area contributed by atoms with Crippen molar-refractivity contribution in [3.63, 3.8) is 0 Å². The molecule has 1 atom stereocenters. The zero-order chi connectivity index (χ0) is 18.8. The Labute approximate surface area is 149 Å². The van der Waals surface area contributed by atoms with Crippen LogP contribution in [0, 0.1) is 11.7 Å². The molecule has 0 aliphatic rings. The lowest BCUT2D eigenvalue weighted by molar-refractivity contribution is 0.0706. The zero-order valence-electron chi connectivity index (χ0n) is 15.2. The number of rotatable bonds is 11. The van der Waals surface area contributed by atoms with E-state index in [2.05, 4.69) is 13.5 Å². The number of nitrogens with one attached hydrogen (secondary N) is 1. The van der Waals surface area contributed by atoms with Crippen molar-refractivity contribution in [2.75, 3.05) is 20.1 Å². The number of hydrogen-bond acceptors (Lipinski definition) is 4. The third kappa shape index (κ3) is 7.34. The van der Waals surface area contributed by atoms with Crippen LogP contribution >= 0.6 is 0 Å². The molecule has 0 aromatic heterocycles. The first-order valence-electron chi connectivity index (χ1n) is 8.69. The second kappa shape index (κ2) is 11.0. The number of benzene rings is 1. The van der Waals surface area contributed by atoms with Crippen LogP contribution in [0.25, 0.3) is 0 Å². The van der Waals surface area contributed by atoms with Gasteiger partial charge in [0.1, 0.15) is 5.82 Å². The fraction of sp³-hybridized carbons (Fsp3) is 0.526. The molecule has 25 heavy (non-hydrogen) atoms. The molecule has 6 heteroatoms. The average molecular weight is 351 g/mol. The van der Waals surface area contributed by atoms with Crippen molar-refractivity contribution in [2.45, 2.75) is 39.2 Å². The van der Waals surface area contributed by atoms with Gasteiger partial charge in [0.2, 0.25) is 0 Å².